The van der Waals surface area contributed by atoms with Gasteiger partial charge in [-0.15, -0.1) is 11.3 Å². The van der Waals surface area contributed by atoms with Gasteiger partial charge in [0.15, 0.2) is 5.65 Å². The SMILES string of the molecule is O=C(Cn1c(=O)c(=O)n(Cc2ccccc2)c2ncccc21)NCCc1cccs1. The second-order valence-electron chi connectivity index (χ2n) is 6.79. The second kappa shape index (κ2) is 8.87. The average Bonchev–Trinajstić information content (AvgIpc) is 3.28. The molecule has 0 unspecified atom stereocenters. The van der Waals surface area contributed by atoms with Gasteiger partial charge in [0.05, 0.1) is 12.1 Å². The summed E-state index contributed by atoms with van der Waals surface area (Å²) in [4.78, 5) is 43.5. The minimum Gasteiger partial charge on any atom is -0.354 e. The van der Waals surface area contributed by atoms with E-state index < -0.39 is 11.1 Å². The molecule has 1 aromatic carbocycles. The maximum absolute atomic E-state index is 12.8. The van der Waals surface area contributed by atoms with Crippen LogP contribution in [0, 0.1) is 0 Å². The van der Waals surface area contributed by atoms with Gasteiger partial charge in [-0.05, 0) is 35.6 Å². The number of thiophene rings is 1. The van der Waals surface area contributed by atoms with E-state index in [0.717, 1.165) is 12.0 Å². The zero-order chi connectivity index (χ0) is 20.9. The number of amides is 1. The van der Waals surface area contributed by atoms with Gasteiger partial charge in [0, 0.05) is 17.6 Å². The molecule has 0 atom stereocenters. The van der Waals surface area contributed by atoms with Gasteiger partial charge in [-0.3, -0.25) is 23.5 Å². The lowest BCUT2D eigenvalue weighted by atomic mass is 10.2. The Labute approximate surface area is 176 Å². The Morgan fingerprint density at radius 1 is 0.967 bits per heavy atom. The van der Waals surface area contributed by atoms with Crippen molar-refractivity contribution in [2.24, 2.45) is 0 Å². The summed E-state index contributed by atoms with van der Waals surface area (Å²) in [5.74, 6) is -0.320. The highest BCUT2D eigenvalue weighted by atomic mass is 32.1. The van der Waals surface area contributed by atoms with Crippen LogP contribution in [0.2, 0.25) is 0 Å². The van der Waals surface area contributed by atoms with E-state index in [0.29, 0.717) is 17.7 Å². The first kappa shape index (κ1) is 19.8. The van der Waals surface area contributed by atoms with Gasteiger partial charge in [-0.1, -0.05) is 36.4 Å². The second-order valence-corrected chi connectivity index (χ2v) is 7.83. The summed E-state index contributed by atoms with van der Waals surface area (Å²) in [5.41, 5.74) is 0.273. The van der Waals surface area contributed by atoms with E-state index in [9.17, 15) is 14.4 Å². The summed E-state index contributed by atoms with van der Waals surface area (Å²) in [6, 6.07) is 16.8. The first-order valence-corrected chi connectivity index (χ1v) is 10.4. The van der Waals surface area contributed by atoms with E-state index in [4.69, 9.17) is 0 Å². The summed E-state index contributed by atoms with van der Waals surface area (Å²) >= 11 is 1.63. The van der Waals surface area contributed by atoms with Crippen LogP contribution < -0.4 is 16.4 Å². The van der Waals surface area contributed by atoms with E-state index in [1.807, 2.05) is 47.8 Å². The molecule has 0 fully saturated rings. The van der Waals surface area contributed by atoms with Crippen LogP contribution in [0.3, 0.4) is 0 Å². The van der Waals surface area contributed by atoms with Crippen molar-refractivity contribution in [3.8, 4) is 0 Å². The predicted octanol–water partition coefficient (Wildman–Crippen LogP) is 2.03. The van der Waals surface area contributed by atoms with Gasteiger partial charge < -0.3 is 5.32 Å². The lowest BCUT2D eigenvalue weighted by molar-refractivity contribution is -0.121. The van der Waals surface area contributed by atoms with Crippen molar-refractivity contribution in [1.82, 2.24) is 19.4 Å². The topological polar surface area (TPSA) is 86.0 Å². The summed E-state index contributed by atoms with van der Waals surface area (Å²) in [7, 11) is 0. The van der Waals surface area contributed by atoms with E-state index in [1.165, 1.54) is 14.0 Å². The molecule has 1 amide bonds. The van der Waals surface area contributed by atoms with Crippen LogP contribution in [0.4, 0.5) is 0 Å². The number of rotatable bonds is 7. The maximum Gasteiger partial charge on any atom is 0.318 e. The molecule has 152 valence electrons. The number of nitrogens with one attached hydrogen (secondary N) is 1. The quantitative estimate of drug-likeness (QED) is 0.464. The molecule has 1 N–H and O–H groups in total. The van der Waals surface area contributed by atoms with Gasteiger partial charge in [0.1, 0.15) is 6.54 Å². The number of aromatic nitrogens is 3. The molecule has 7 nitrogen and oxygen atoms in total. The number of nitrogens with zero attached hydrogens (tertiary/aromatic N) is 3. The molecule has 8 heteroatoms. The third-order valence-corrected chi connectivity index (χ3v) is 5.68. The normalized spacial score (nSPS) is 10.9. The molecule has 0 bridgehead atoms. The minimum atomic E-state index is -0.736. The smallest absolute Gasteiger partial charge is 0.318 e. The molecule has 0 aliphatic carbocycles. The largest absolute Gasteiger partial charge is 0.354 e. The Bertz CT molecular complexity index is 1280. The van der Waals surface area contributed by atoms with Crippen molar-refractivity contribution in [2.45, 2.75) is 19.5 Å². The van der Waals surface area contributed by atoms with Crippen LogP contribution >= 0.6 is 11.3 Å². The number of hydrogen-bond acceptors (Lipinski definition) is 5. The Morgan fingerprint density at radius 3 is 2.53 bits per heavy atom. The average molecular weight is 420 g/mol. The van der Waals surface area contributed by atoms with Crippen LogP contribution in [0.5, 0.6) is 0 Å². The number of hydrogen-bond donors (Lipinski definition) is 1. The van der Waals surface area contributed by atoms with Crippen LogP contribution in [0.1, 0.15) is 10.4 Å². The Hall–Kier alpha value is -3.52. The van der Waals surface area contributed by atoms with Gasteiger partial charge >= 0.3 is 11.1 Å². The maximum atomic E-state index is 12.8. The summed E-state index contributed by atoms with van der Waals surface area (Å²) < 4.78 is 2.56. The third-order valence-electron chi connectivity index (χ3n) is 4.74. The highest BCUT2D eigenvalue weighted by Gasteiger charge is 2.16. The lowest BCUT2D eigenvalue weighted by Crippen LogP contribution is -2.44. The van der Waals surface area contributed by atoms with Gasteiger partial charge in [0.25, 0.3) is 0 Å². The number of pyridine rings is 1. The van der Waals surface area contributed by atoms with Crippen molar-refractivity contribution >= 4 is 28.4 Å². The predicted molar refractivity (Wildman–Crippen MR) is 117 cm³/mol. The molecule has 0 aliphatic heterocycles. The number of fused-ring (bicyclic) bond motifs is 1. The van der Waals surface area contributed by atoms with Crippen molar-refractivity contribution in [3.63, 3.8) is 0 Å². The first-order chi connectivity index (χ1) is 14.6. The molecule has 30 heavy (non-hydrogen) atoms. The molecule has 0 radical (unpaired) electrons. The molecular weight excluding hydrogens is 400 g/mol. The molecule has 4 rings (SSSR count). The van der Waals surface area contributed by atoms with E-state index >= 15 is 0 Å². The van der Waals surface area contributed by atoms with Gasteiger partial charge in [0.2, 0.25) is 5.91 Å². The minimum absolute atomic E-state index is 0.229. The standard InChI is InChI=1S/C22H20N4O3S/c27-19(23-12-10-17-8-5-13-30-17)15-25-18-9-4-11-24-20(18)26(22(29)21(25)28)14-16-6-2-1-3-7-16/h1-9,11,13H,10,12,14-15H2,(H,23,27). The summed E-state index contributed by atoms with van der Waals surface area (Å²) in [6.45, 7) is 0.471. The Kier molecular flexibility index (Phi) is 5.85. The van der Waals surface area contributed by atoms with Crippen LogP contribution in [0.25, 0.3) is 11.2 Å². The fraction of sp³-hybridized carbons (Fsp3) is 0.182. The van der Waals surface area contributed by atoms with Gasteiger partial charge in [-0.25, -0.2) is 4.98 Å². The van der Waals surface area contributed by atoms with Crippen molar-refractivity contribution < 1.29 is 4.79 Å². The van der Waals surface area contributed by atoms with E-state index in [2.05, 4.69) is 10.3 Å². The monoisotopic (exact) mass is 420 g/mol. The fourth-order valence-electron chi connectivity index (χ4n) is 3.29. The van der Waals surface area contributed by atoms with Crippen molar-refractivity contribution in [3.05, 3.63) is 97.3 Å². The molecule has 0 spiro atoms. The molecular formula is C22H20N4O3S. The van der Waals surface area contributed by atoms with E-state index in [-0.39, 0.29) is 19.0 Å². The molecule has 0 aliphatic rings. The van der Waals surface area contributed by atoms with E-state index in [1.54, 1.807) is 29.7 Å². The van der Waals surface area contributed by atoms with Crippen LogP contribution in [-0.4, -0.2) is 26.6 Å². The third kappa shape index (κ3) is 4.23. The highest BCUT2D eigenvalue weighted by molar-refractivity contribution is 7.09. The zero-order valence-electron chi connectivity index (χ0n) is 16.2. The number of carbonyl (C=O) groups is 1. The van der Waals surface area contributed by atoms with Crippen molar-refractivity contribution in [1.29, 1.82) is 0 Å². The molecule has 0 saturated carbocycles. The Balaban J connectivity index is 1.62. The molecule has 3 heterocycles. The fourth-order valence-corrected chi connectivity index (χ4v) is 4.00. The highest BCUT2D eigenvalue weighted by Crippen LogP contribution is 2.10. The number of benzene rings is 1. The number of carbonyl (C=O) groups excluding carboxylic acids is 1. The first-order valence-electron chi connectivity index (χ1n) is 9.55. The lowest BCUT2D eigenvalue weighted by Gasteiger charge is -2.14. The zero-order valence-corrected chi connectivity index (χ0v) is 17.0. The molecule has 3 aromatic heterocycles. The van der Waals surface area contributed by atoms with Gasteiger partial charge in [-0.2, -0.15) is 0 Å². The van der Waals surface area contributed by atoms with Crippen LogP contribution in [-0.2, 0) is 24.3 Å². The van der Waals surface area contributed by atoms with Crippen LogP contribution in [0.15, 0.2) is 75.8 Å². The Morgan fingerprint density at radius 2 is 1.77 bits per heavy atom. The van der Waals surface area contributed by atoms with Crippen molar-refractivity contribution in [2.75, 3.05) is 6.54 Å². The summed E-state index contributed by atoms with van der Waals surface area (Å²) in [6.07, 6.45) is 2.29. The molecule has 4 aromatic rings. The molecule has 0 saturated heterocycles. The summed E-state index contributed by atoms with van der Waals surface area (Å²) in [5, 5.41) is 4.80.